The van der Waals surface area contributed by atoms with Gasteiger partial charge in [-0.25, -0.2) is 9.37 Å². The van der Waals surface area contributed by atoms with E-state index in [-0.39, 0.29) is 12.6 Å². The molecule has 0 unspecified atom stereocenters. The number of hydrogen-bond donors (Lipinski definition) is 3. The molecule has 0 atom stereocenters. The van der Waals surface area contributed by atoms with Crippen molar-refractivity contribution < 1.29 is 23.3 Å². The van der Waals surface area contributed by atoms with Crippen molar-refractivity contribution in [2.75, 3.05) is 26.6 Å². The molecule has 1 fully saturated rings. The van der Waals surface area contributed by atoms with E-state index in [1.807, 2.05) is 19.1 Å². The summed E-state index contributed by atoms with van der Waals surface area (Å²) in [5.41, 5.74) is 2.56. The zero-order valence-electron chi connectivity index (χ0n) is 18.9. The van der Waals surface area contributed by atoms with Gasteiger partial charge < -0.3 is 34.6 Å². The number of aromatic nitrogens is 3. The second-order valence-electron chi connectivity index (χ2n) is 8.42. The summed E-state index contributed by atoms with van der Waals surface area (Å²) in [5.74, 6) is 0.883. The molecule has 0 amide bonds. The normalized spacial score (nSPS) is 21.5. The fraction of sp³-hybridized carbons (Fsp3) is 0.292. The Labute approximate surface area is 206 Å². The molecule has 3 N–H and O–H groups in total. The van der Waals surface area contributed by atoms with E-state index in [4.69, 9.17) is 36.1 Å². The second kappa shape index (κ2) is 9.98. The number of H-pyrrole nitrogens is 1. The van der Waals surface area contributed by atoms with Gasteiger partial charge in [-0.15, -0.1) is 0 Å². The monoisotopic (exact) mass is 497 g/mol. The van der Waals surface area contributed by atoms with Crippen LogP contribution >= 0.6 is 12.2 Å². The molecule has 11 heteroatoms. The lowest BCUT2D eigenvalue weighted by Gasteiger charge is -2.38. The highest BCUT2D eigenvalue weighted by atomic mass is 32.1. The van der Waals surface area contributed by atoms with Crippen LogP contribution in [0.1, 0.15) is 19.0 Å². The van der Waals surface area contributed by atoms with E-state index in [2.05, 4.69) is 20.6 Å². The Morgan fingerprint density at radius 2 is 1.89 bits per heavy atom. The number of halogens is 1. The summed E-state index contributed by atoms with van der Waals surface area (Å²) in [4.78, 5) is 12.2. The predicted octanol–water partition coefficient (Wildman–Crippen LogP) is 3.39. The SMILES string of the molecule is CC1(NC(=S)NCC2=COCO2)COC(c2nc(-c3ccc(F)cc3)c(-c3ccncc3)[nH]2)OC1. The van der Waals surface area contributed by atoms with Crippen LogP contribution in [0.15, 0.2) is 60.8 Å². The number of nitrogens with one attached hydrogen (secondary N) is 3. The average molecular weight is 498 g/mol. The molecule has 9 nitrogen and oxygen atoms in total. The number of pyridine rings is 1. The molecule has 1 aromatic carbocycles. The molecule has 2 aromatic heterocycles. The van der Waals surface area contributed by atoms with Crippen LogP contribution in [0.25, 0.3) is 22.5 Å². The minimum absolute atomic E-state index is 0.219. The van der Waals surface area contributed by atoms with E-state index in [0.717, 1.165) is 16.8 Å². The van der Waals surface area contributed by atoms with Gasteiger partial charge in [0.05, 0.1) is 36.7 Å². The highest BCUT2D eigenvalue weighted by Crippen LogP contribution is 2.34. The molecule has 5 rings (SSSR count). The molecule has 0 bridgehead atoms. The second-order valence-corrected chi connectivity index (χ2v) is 8.83. The first-order valence-electron chi connectivity index (χ1n) is 11.0. The zero-order chi connectivity index (χ0) is 24.3. The van der Waals surface area contributed by atoms with Crippen molar-refractivity contribution in [1.82, 2.24) is 25.6 Å². The van der Waals surface area contributed by atoms with Crippen LogP contribution in [0, 0.1) is 5.82 Å². The number of benzene rings is 1. The standard InChI is InChI=1S/C24H24FN5O4S/c1-24(30-23(35)27-10-18-11-31-14-34-18)12-32-22(33-13-24)21-28-19(15-2-4-17(25)5-3-15)20(29-21)16-6-8-26-9-7-16/h2-9,11,22H,10,12-14H2,1H3,(H,28,29)(H2,27,30,35). The van der Waals surface area contributed by atoms with Crippen molar-refractivity contribution in [2.45, 2.75) is 18.8 Å². The molecule has 182 valence electrons. The quantitative estimate of drug-likeness (QED) is 0.442. The largest absolute Gasteiger partial charge is 0.462 e. The molecule has 0 saturated carbocycles. The lowest BCUT2D eigenvalue weighted by Crippen LogP contribution is -2.58. The minimum Gasteiger partial charge on any atom is -0.462 e. The Morgan fingerprint density at radius 1 is 1.14 bits per heavy atom. The van der Waals surface area contributed by atoms with Gasteiger partial charge in [-0.2, -0.15) is 0 Å². The number of imidazole rings is 1. The average Bonchev–Trinajstić information content (AvgIpc) is 3.55. The van der Waals surface area contributed by atoms with Crippen molar-refractivity contribution in [3.05, 3.63) is 72.5 Å². The number of hydrogen-bond acceptors (Lipinski definition) is 7. The van der Waals surface area contributed by atoms with Crippen LogP contribution in [0.5, 0.6) is 0 Å². The van der Waals surface area contributed by atoms with Crippen LogP contribution in [-0.4, -0.2) is 52.2 Å². The summed E-state index contributed by atoms with van der Waals surface area (Å²) in [6.45, 7) is 3.26. The molecule has 1 saturated heterocycles. The summed E-state index contributed by atoms with van der Waals surface area (Å²) >= 11 is 5.39. The van der Waals surface area contributed by atoms with Crippen LogP contribution in [0.3, 0.4) is 0 Å². The van der Waals surface area contributed by atoms with Crippen LogP contribution in [0.4, 0.5) is 4.39 Å². The molecular formula is C24H24FN5O4S. The van der Waals surface area contributed by atoms with Gasteiger partial charge in [0.15, 0.2) is 16.7 Å². The molecule has 3 aromatic rings. The first-order valence-corrected chi connectivity index (χ1v) is 11.4. The van der Waals surface area contributed by atoms with Gasteiger partial charge >= 0.3 is 0 Å². The summed E-state index contributed by atoms with van der Waals surface area (Å²) < 4.78 is 35.8. The maximum atomic E-state index is 13.5. The third-order valence-electron chi connectivity index (χ3n) is 5.50. The van der Waals surface area contributed by atoms with E-state index in [0.29, 0.717) is 42.1 Å². The molecule has 0 spiro atoms. The fourth-order valence-electron chi connectivity index (χ4n) is 3.74. The number of ether oxygens (including phenoxy) is 4. The van der Waals surface area contributed by atoms with Gasteiger partial charge in [-0.05, 0) is 55.5 Å². The number of rotatable bonds is 6. The van der Waals surface area contributed by atoms with Gasteiger partial charge in [-0.1, -0.05) is 0 Å². The topological polar surface area (TPSA) is 103 Å². The van der Waals surface area contributed by atoms with Gasteiger partial charge in [0.25, 0.3) is 0 Å². The van der Waals surface area contributed by atoms with Crippen molar-refractivity contribution in [3.8, 4) is 22.5 Å². The van der Waals surface area contributed by atoms with Crippen molar-refractivity contribution in [2.24, 2.45) is 0 Å². The summed E-state index contributed by atoms with van der Waals surface area (Å²) in [6.07, 6.45) is 4.26. The third kappa shape index (κ3) is 5.42. The molecule has 35 heavy (non-hydrogen) atoms. The molecule has 0 radical (unpaired) electrons. The Kier molecular flexibility index (Phi) is 6.62. The molecule has 4 heterocycles. The van der Waals surface area contributed by atoms with Crippen LogP contribution in [-0.2, 0) is 18.9 Å². The summed E-state index contributed by atoms with van der Waals surface area (Å²) in [5, 5.41) is 6.77. The van der Waals surface area contributed by atoms with Gasteiger partial charge in [0.1, 0.15) is 12.1 Å². The Morgan fingerprint density at radius 3 is 2.57 bits per heavy atom. The van der Waals surface area contributed by atoms with Gasteiger partial charge in [-0.3, -0.25) is 4.98 Å². The predicted molar refractivity (Wildman–Crippen MR) is 129 cm³/mol. The smallest absolute Gasteiger partial charge is 0.229 e. The minimum atomic E-state index is -0.699. The van der Waals surface area contributed by atoms with E-state index in [1.54, 1.807) is 30.8 Å². The van der Waals surface area contributed by atoms with Crippen molar-refractivity contribution >= 4 is 17.3 Å². The summed E-state index contributed by atoms with van der Waals surface area (Å²) in [6, 6.07) is 9.95. The highest BCUT2D eigenvalue weighted by Gasteiger charge is 2.35. The van der Waals surface area contributed by atoms with E-state index in [1.165, 1.54) is 12.1 Å². The Balaban J connectivity index is 1.28. The van der Waals surface area contributed by atoms with Crippen LogP contribution in [0.2, 0.25) is 0 Å². The van der Waals surface area contributed by atoms with E-state index < -0.39 is 11.8 Å². The Hall–Kier alpha value is -3.54. The number of nitrogens with zero attached hydrogens (tertiary/aromatic N) is 2. The molecule has 2 aliphatic rings. The molecule has 0 aliphatic carbocycles. The number of aromatic amines is 1. The number of thiocarbonyl (C=S) groups is 1. The van der Waals surface area contributed by atoms with E-state index in [9.17, 15) is 4.39 Å². The highest BCUT2D eigenvalue weighted by molar-refractivity contribution is 7.80. The fourth-order valence-corrected chi connectivity index (χ4v) is 4.05. The van der Waals surface area contributed by atoms with Crippen molar-refractivity contribution in [1.29, 1.82) is 0 Å². The maximum absolute atomic E-state index is 13.5. The first kappa shape index (κ1) is 23.2. The van der Waals surface area contributed by atoms with Crippen molar-refractivity contribution in [3.63, 3.8) is 0 Å². The maximum Gasteiger partial charge on any atom is 0.229 e. The van der Waals surface area contributed by atoms with Gasteiger partial charge in [0, 0.05) is 23.5 Å². The zero-order valence-corrected chi connectivity index (χ0v) is 19.7. The van der Waals surface area contributed by atoms with Crippen LogP contribution < -0.4 is 10.6 Å². The summed E-state index contributed by atoms with van der Waals surface area (Å²) in [7, 11) is 0. The first-order chi connectivity index (χ1) is 17.0. The molecule has 2 aliphatic heterocycles. The third-order valence-corrected chi connectivity index (χ3v) is 5.75. The van der Waals surface area contributed by atoms with Gasteiger partial charge in [0.2, 0.25) is 13.1 Å². The van der Waals surface area contributed by atoms with E-state index >= 15 is 0 Å². The Bertz CT molecular complexity index is 1210. The lowest BCUT2D eigenvalue weighted by atomic mass is 10.1. The lowest BCUT2D eigenvalue weighted by molar-refractivity contribution is -0.215. The molecular weight excluding hydrogens is 473 g/mol.